The molecule has 1 aliphatic heterocycles. The van der Waals surface area contributed by atoms with Gasteiger partial charge in [0, 0.05) is 25.2 Å². The summed E-state index contributed by atoms with van der Waals surface area (Å²) in [6.07, 6.45) is 5.21. The van der Waals surface area contributed by atoms with Gasteiger partial charge < -0.3 is 16.0 Å². The minimum atomic E-state index is 0.251. The molecule has 0 bridgehead atoms. The lowest BCUT2D eigenvalue weighted by atomic mass is 10.1. The first-order valence-corrected chi connectivity index (χ1v) is 9.72. The van der Waals surface area contributed by atoms with Gasteiger partial charge in [0.25, 0.3) is 0 Å². The molecule has 0 spiro atoms. The van der Waals surface area contributed by atoms with Gasteiger partial charge in [0.15, 0.2) is 5.96 Å². The van der Waals surface area contributed by atoms with Crippen molar-refractivity contribution in [1.82, 2.24) is 4.90 Å². The zero-order valence-electron chi connectivity index (χ0n) is 15.6. The fourth-order valence-electron chi connectivity index (χ4n) is 3.93. The summed E-state index contributed by atoms with van der Waals surface area (Å²) in [6, 6.07) is 14.7. The fraction of sp³-hybridized carbons (Fsp3) is 0.364. The van der Waals surface area contributed by atoms with Gasteiger partial charge in [-0.15, -0.1) is 0 Å². The first-order valence-electron chi connectivity index (χ1n) is 9.72. The van der Waals surface area contributed by atoms with Crippen LogP contribution in [0.2, 0.25) is 0 Å². The van der Waals surface area contributed by atoms with Gasteiger partial charge in [-0.2, -0.15) is 0 Å². The fourth-order valence-corrected chi connectivity index (χ4v) is 3.93. The number of rotatable bonds is 5. The van der Waals surface area contributed by atoms with Crippen molar-refractivity contribution in [2.45, 2.75) is 45.2 Å². The minimum Gasteiger partial charge on any atom is -0.370 e. The lowest BCUT2D eigenvalue weighted by Crippen LogP contribution is -2.24. The van der Waals surface area contributed by atoms with Crippen molar-refractivity contribution in [1.29, 1.82) is 0 Å². The molecule has 2 aromatic carbocycles. The van der Waals surface area contributed by atoms with Crippen LogP contribution in [0.3, 0.4) is 0 Å². The second kappa shape index (κ2) is 7.82. The Morgan fingerprint density at radius 1 is 1.04 bits per heavy atom. The number of guanidine groups is 1. The third kappa shape index (κ3) is 4.30. The normalized spacial score (nSPS) is 16.7. The monoisotopic (exact) mass is 362 g/mol. The van der Waals surface area contributed by atoms with Crippen molar-refractivity contribution >= 4 is 17.6 Å². The number of hydrogen-bond acceptors (Lipinski definition) is 2. The molecule has 2 aromatic rings. The van der Waals surface area contributed by atoms with Gasteiger partial charge >= 0.3 is 0 Å². The number of fused-ring (bicyclic) bond motifs is 1. The van der Waals surface area contributed by atoms with Crippen LogP contribution in [-0.4, -0.2) is 23.3 Å². The molecule has 0 unspecified atom stereocenters. The number of nitrogens with one attached hydrogen (secondary N) is 1. The van der Waals surface area contributed by atoms with E-state index in [1.807, 2.05) is 17.0 Å². The van der Waals surface area contributed by atoms with Crippen LogP contribution in [0.4, 0.5) is 5.69 Å². The predicted octanol–water partition coefficient (Wildman–Crippen LogP) is 3.22. The van der Waals surface area contributed by atoms with E-state index < -0.39 is 0 Å². The summed E-state index contributed by atoms with van der Waals surface area (Å²) in [5.74, 6) is 0.675. The molecule has 0 radical (unpaired) electrons. The van der Waals surface area contributed by atoms with Gasteiger partial charge in [0.2, 0.25) is 5.91 Å². The Balaban J connectivity index is 1.37. The van der Waals surface area contributed by atoms with Gasteiger partial charge in [-0.1, -0.05) is 30.3 Å². The molecule has 2 aliphatic rings. The maximum Gasteiger partial charge on any atom is 0.222 e. The van der Waals surface area contributed by atoms with Gasteiger partial charge in [0.1, 0.15) is 0 Å². The number of benzene rings is 2. The van der Waals surface area contributed by atoms with E-state index in [-0.39, 0.29) is 5.91 Å². The SMILES string of the molecule is NC(=NCc1cccc(CN2CCCC2=O)c1)Nc1ccc2c(c1)CCC2. The highest BCUT2D eigenvalue weighted by atomic mass is 16.2. The molecule has 3 N–H and O–H groups in total. The smallest absolute Gasteiger partial charge is 0.222 e. The number of aliphatic imine (C=N–C) groups is 1. The van der Waals surface area contributed by atoms with Crippen molar-refractivity contribution in [3.8, 4) is 0 Å². The van der Waals surface area contributed by atoms with E-state index in [0.29, 0.717) is 25.5 Å². The molecule has 1 fully saturated rings. The highest BCUT2D eigenvalue weighted by Gasteiger charge is 2.19. The molecule has 4 rings (SSSR count). The summed E-state index contributed by atoms with van der Waals surface area (Å²) in [7, 11) is 0. The standard InChI is InChI=1S/C22H26N4O/c23-22(25-20-10-9-18-6-2-7-19(18)13-20)24-14-16-4-1-5-17(12-16)15-26-11-3-8-21(26)27/h1,4-5,9-10,12-13H,2-3,6-8,11,14-15H2,(H3,23,24,25). The van der Waals surface area contributed by atoms with Crippen LogP contribution in [0.5, 0.6) is 0 Å². The van der Waals surface area contributed by atoms with Gasteiger partial charge in [0.05, 0.1) is 6.54 Å². The zero-order valence-corrected chi connectivity index (χ0v) is 15.6. The van der Waals surface area contributed by atoms with Crippen LogP contribution in [-0.2, 0) is 30.7 Å². The molecule has 0 saturated carbocycles. The number of nitrogens with zero attached hydrogens (tertiary/aromatic N) is 2. The van der Waals surface area contributed by atoms with E-state index in [2.05, 4.69) is 40.6 Å². The summed E-state index contributed by atoms with van der Waals surface area (Å²) in [5, 5.41) is 3.20. The van der Waals surface area contributed by atoms with E-state index in [0.717, 1.165) is 36.2 Å². The molecule has 140 valence electrons. The second-order valence-corrected chi connectivity index (χ2v) is 7.40. The van der Waals surface area contributed by atoms with Crippen LogP contribution in [0.25, 0.3) is 0 Å². The third-order valence-electron chi connectivity index (χ3n) is 5.34. The van der Waals surface area contributed by atoms with E-state index in [9.17, 15) is 4.79 Å². The maximum atomic E-state index is 11.8. The summed E-state index contributed by atoms with van der Waals surface area (Å²) in [6.45, 7) is 2.06. The molecule has 0 atom stereocenters. The average Bonchev–Trinajstić information content (AvgIpc) is 3.29. The zero-order chi connectivity index (χ0) is 18.6. The Morgan fingerprint density at radius 2 is 1.89 bits per heavy atom. The summed E-state index contributed by atoms with van der Waals surface area (Å²) >= 11 is 0. The van der Waals surface area contributed by atoms with Gasteiger partial charge in [-0.25, -0.2) is 4.99 Å². The minimum absolute atomic E-state index is 0.251. The Kier molecular flexibility index (Phi) is 5.10. The number of likely N-dealkylation sites (tertiary alicyclic amines) is 1. The highest BCUT2D eigenvalue weighted by molar-refractivity contribution is 5.92. The maximum absolute atomic E-state index is 11.8. The number of carbonyl (C=O) groups is 1. The van der Waals surface area contributed by atoms with Crippen LogP contribution in [0.15, 0.2) is 47.5 Å². The predicted molar refractivity (Wildman–Crippen MR) is 109 cm³/mol. The third-order valence-corrected chi connectivity index (χ3v) is 5.34. The molecule has 5 heteroatoms. The number of nitrogens with two attached hydrogens (primary N) is 1. The van der Waals surface area contributed by atoms with E-state index in [4.69, 9.17) is 5.73 Å². The summed E-state index contributed by atoms with van der Waals surface area (Å²) < 4.78 is 0. The molecular weight excluding hydrogens is 336 g/mol. The summed E-state index contributed by atoms with van der Waals surface area (Å²) in [4.78, 5) is 18.2. The Bertz CT molecular complexity index is 874. The van der Waals surface area contributed by atoms with Crippen LogP contribution < -0.4 is 11.1 Å². The first kappa shape index (κ1) is 17.6. The van der Waals surface area contributed by atoms with Crippen molar-refractivity contribution in [3.63, 3.8) is 0 Å². The Morgan fingerprint density at radius 3 is 2.74 bits per heavy atom. The number of anilines is 1. The average molecular weight is 362 g/mol. The number of carbonyl (C=O) groups excluding carboxylic acids is 1. The van der Waals surface area contributed by atoms with Gasteiger partial charge in [-0.3, -0.25) is 4.79 Å². The molecular formula is C22H26N4O. The van der Waals surface area contributed by atoms with Crippen LogP contribution >= 0.6 is 0 Å². The van der Waals surface area contributed by atoms with E-state index >= 15 is 0 Å². The van der Waals surface area contributed by atoms with E-state index in [1.165, 1.54) is 24.0 Å². The lowest BCUT2D eigenvalue weighted by molar-refractivity contribution is -0.128. The summed E-state index contributed by atoms with van der Waals surface area (Å²) in [5.41, 5.74) is 12.2. The molecule has 1 aliphatic carbocycles. The number of hydrogen-bond donors (Lipinski definition) is 2. The quantitative estimate of drug-likeness (QED) is 0.634. The first-order chi connectivity index (χ1) is 13.2. The molecule has 5 nitrogen and oxygen atoms in total. The Hall–Kier alpha value is -2.82. The molecule has 1 amide bonds. The largest absolute Gasteiger partial charge is 0.370 e. The molecule has 27 heavy (non-hydrogen) atoms. The van der Waals surface area contributed by atoms with Crippen LogP contribution in [0, 0.1) is 0 Å². The van der Waals surface area contributed by atoms with Crippen molar-refractivity contribution in [3.05, 3.63) is 64.7 Å². The van der Waals surface area contributed by atoms with Gasteiger partial charge in [-0.05, 0) is 60.1 Å². The van der Waals surface area contributed by atoms with Crippen molar-refractivity contribution in [2.75, 3.05) is 11.9 Å². The Labute approximate surface area is 160 Å². The number of aryl methyl sites for hydroxylation is 2. The molecule has 1 saturated heterocycles. The molecule has 1 heterocycles. The van der Waals surface area contributed by atoms with E-state index in [1.54, 1.807) is 0 Å². The van der Waals surface area contributed by atoms with Crippen molar-refractivity contribution in [2.24, 2.45) is 10.7 Å². The van der Waals surface area contributed by atoms with Crippen LogP contribution in [0.1, 0.15) is 41.5 Å². The lowest BCUT2D eigenvalue weighted by Gasteiger charge is -2.15. The second-order valence-electron chi connectivity index (χ2n) is 7.40. The van der Waals surface area contributed by atoms with Crippen molar-refractivity contribution < 1.29 is 4.79 Å². The molecule has 0 aromatic heterocycles. The highest BCUT2D eigenvalue weighted by Crippen LogP contribution is 2.24. The topological polar surface area (TPSA) is 70.7 Å². The number of amides is 1.